The van der Waals surface area contributed by atoms with Gasteiger partial charge in [-0.3, -0.25) is 4.79 Å². The van der Waals surface area contributed by atoms with E-state index < -0.39 is 5.82 Å². The zero-order valence-electron chi connectivity index (χ0n) is 7.31. The van der Waals surface area contributed by atoms with Gasteiger partial charge in [0.2, 0.25) is 0 Å². The Balaban J connectivity index is 2.89. The van der Waals surface area contributed by atoms with E-state index in [-0.39, 0.29) is 17.2 Å². The van der Waals surface area contributed by atoms with Crippen LogP contribution in [0, 0.1) is 5.82 Å². The Hall–Kier alpha value is -0.890. The van der Waals surface area contributed by atoms with Gasteiger partial charge >= 0.3 is 0 Å². The van der Waals surface area contributed by atoms with Crippen molar-refractivity contribution in [3.05, 3.63) is 34.6 Å². The molecule has 0 radical (unpaired) electrons. The zero-order valence-corrected chi connectivity index (χ0v) is 8.07. The van der Waals surface area contributed by atoms with E-state index in [9.17, 15) is 9.18 Å². The fourth-order valence-corrected chi connectivity index (χ4v) is 1.22. The van der Waals surface area contributed by atoms with Gasteiger partial charge in [0.25, 0.3) is 0 Å². The maximum atomic E-state index is 12.9. The van der Waals surface area contributed by atoms with Gasteiger partial charge in [-0.1, -0.05) is 30.7 Å². The minimum absolute atomic E-state index is 0.0595. The van der Waals surface area contributed by atoms with Crippen molar-refractivity contribution in [1.82, 2.24) is 0 Å². The molecule has 0 fully saturated rings. The minimum Gasteiger partial charge on any atom is -0.299 e. The highest BCUT2D eigenvalue weighted by Gasteiger charge is 2.08. The van der Waals surface area contributed by atoms with Crippen LogP contribution in [-0.4, -0.2) is 5.78 Å². The Bertz CT molecular complexity index is 323. The predicted octanol–water partition coefficient (Wildman–Crippen LogP) is 3.00. The maximum absolute atomic E-state index is 12.9. The molecule has 0 saturated carbocycles. The number of halogens is 2. The molecule has 0 bridgehead atoms. The molecular weight excluding hydrogens is 191 g/mol. The molecule has 1 rings (SSSR count). The number of hydrogen-bond acceptors (Lipinski definition) is 1. The average Bonchev–Trinajstić information content (AvgIpc) is 2.13. The van der Waals surface area contributed by atoms with Crippen molar-refractivity contribution >= 4 is 17.4 Å². The van der Waals surface area contributed by atoms with Gasteiger partial charge in [0.05, 0.1) is 5.02 Å². The van der Waals surface area contributed by atoms with Crippen LogP contribution < -0.4 is 0 Å². The van der Waals surface area contributed by atoms with E-state index >= 15 is 0 Å². The number of carbonyl (C=O) groups excluding carboxylic acids is 1. The number of ketones is 1. The first-order valence-corrected chi connectivity index (χ1v) is 4.47. The van der Waals surface area contributed by atoms with Crippen molar-refractivity contribution in [3.63, 3.8) is 0 Å². The van der Waals surface area contributed by atoms with Crippen LogP contribution in [0.2, 0.25) is 5.02 Å². The van der Waals surface area contributed by atoms with Crippen molar-refractivity contribution in [2.75, 3.05) is 0 Å². The van der Waals surface area contributed by atoms with Gasteiger partial charge in [-0.05, 0) is 11.6 Å². The van der Waals surface area contributed by atoms with E-state index in [0.717, 1.165) is 0 Å². The van der Waals surface area contributed by atoms with E-state index in [1.807, 2.05) is 0 Å². The summed E-state index contributed by atoms with van der Waals surface area (Å²) in [5, 5.41) is 0.0595. The van der Waals surface area contributed by atoms with Crippen molar-refractivity contribution in [2.24, 2.45) is 0 Å². The Kier molecular flexibility index (Phi) is 3.43. The second-order valence-electron chi connectivity index (χ2n) is 2.78. The zero-order chi connectivity index (χ0) is 9.84. The number of hydrogen-bond donors (Lipinski definition) is 0. The largest absolute Gasteiger partial charge is 0.299 e. The first-order valence-electron chi connectivity index (χ1n) is 4.09. The summed E-state index contributed by atoms with van der Waals surface area (Å²) in [5.41, 5.74) is 0.563. The number of Topliss-reactive ketones (excluding diaryl/α,β-unsaturated/α-hetero) is 1. The van der Waals surface area contributed by atoms with E-state index in [0.29, 0.717) is 12.0 Å². The lowest BCUT2D eigenvalue weighted by molar-refractivity contribution is -0.118. The standard InChI is InChI=1S/C10H10ClFO/c1-2-8(13)6-7-4-3-5-9(12)10(7)11/h3-5H,2,6H2,1H3. The second kappa shape index (κ2) is 4.38. The molecule has 70 valence electrons. The smallest absolute Gasteiger partial charge is 0.142 e. The van der Waals surface area contributed by atoms with E-state index in [4.69, 9.17) is 11.6 Å². The van der Waals surface area contributed by atoms with Gasteiger partial charge < -0.3 is 0 Å². The van der Waals surface area contributed by atoms with Crippen LogP contribution in [0.15, 0.2) is 18.2 Å². The monoisotopic (exact) mass is 200 g/mol. The fourth-order valence-electron chi connectivity index (χ4n) is 1.02. The number of benzene rings is 1. The molecule has 0 spiro atoms. The van der Waals surface area contributed by atoms with Crippen LogP contribution in [0.5, 0.6) is 0 Å². The molecule has 13 heavy (non-hydrogen) atoms. The highest BCUT2D eigenvalue weighted by Crippen LogP contribution is 2.20. The molecule has 0 aliphatic rings. The summed E-state index contributed by atoms with van der Waals surface area (Å²) in [5.74, 6) is -0.407. The first kappa shape index (κ1) is 10.2. The lowest BCUT2D eigenvalue weighted by atomic mass is 10.1. The third-order valence-electron chi connectivity index (χ3n) is 1.81. The fraction of sp³-hybridized carbons (Fsp3) is 0.300. The topological polar surface area (TPSA) is 17.1 Å². The molecule has 0 atom stereocenters. The summed E-state index contributed by atoms with van der Waals surface area (Å²) in [7, 11) is 0. The SMILES string of the molecule is CCC(=O)Cc1cccc(F)c1Cl. The second-order valence-corrected chi connectivity index (χ2v) is 3.16. The Morgan fingerprint density at radius 1 is 1.54 bits per heavy atom. The molecule has 0 N–H and O–H groups in total. The summed E-state index contributed by atoms with van der Waals surface area (Å²) in [6.07, 6.45) is 0.667. The normalized spacial score (nSPS) is 10.1. The van der Waals surface area contributed by atoms with E-state index in [2.05, 4.69) is 0 Å². The molecule has 1 nitrogen and oxygen atoms in total. The molecule has 3 heteroatoms. The minimum atomic E-state index is -0.469. The van der Waals surface area contributed by atoms with Gasteiger partial charge in [-0.25, -0.2) is 4.39 Å². The third kappa shape index (κ3) is 2.52. The lowest BCUT2D eigenvalue weighted by Crippen LogP contribution is -2.01. The highest BCUT2D eigenvalue weighted by molar-refractivity contribution is 6.31. The summed E-state index contributed by atoms with van der Waals surface area (Å²) in [4.78, 5) is 11.1. The van der Waals surface area contributed by atoms with Crippen LogP contribution >= 0.6 is 11.6 Å². The molecule has 1 aromatic carbocycles. The quantitative estimate of drug-likeness (QED) is 0.733. The van der Waals surface area contributed by atoms with Crippen LogP contribution in [0.25, 0.3) is 0 Å². The molecule has 0 aliphatic carbocycles. The first-order chi connectivity index (χ1) is 6.15. The van der Waals surface area contributed by atoms with E-state index in [1.54, 1.807) is 19.1 Å². The Morgan fingerprint density at radius 2 is 2.23 bits per heavy atom. The van der Waals surface area contributed by atoms with Crippen LogP contribution in [-0.2, 0) is 11.2 Å². The Morgan fingerprint density at radius 3 is 2.85 bits per heavy atom. The van der Waals surface area contributed by atoms with Crippen LogP contribution in [0.3, 0.4) is 0 Å². The van der Waals surface area contributed by atoms with Gasteiger partial charge in [-0.15, -0.1) is 0 Å². The maximum Gasteiger partial charge on any atom is 0.142 e. The molecule has 0 aromatic heterocycles. The number of rotatable bonds is 3. The van der Waals surface area contributed by atoms with Crippen molar-refractivity contribution in [2.45, 2.75) is 19.8 Å². The molecule has 0 aliphatic heterocycles. The molecule has 0 unspecified atom stereocenters. The van der Waals surface area contributed by atoms with Crippen LogP contribution in [0.4, 0.5) is 4.39 Å². The summed E-state index contributed by atoms with van der Waals surface area (Å²) >= 11 is 5.67. The highest BCUT2D eigenvalue weighted by atomic mass is 35.5. The van der Waals surface area contributed by atoms with Crippen molar-refractivity contribution in [3.8, 4) is 0 Å². The summed E-state index contributed by atoms with van der Waals surface area (Å²) < 4.78 is 12.9. The number of carbonyl (C=O) groups is 1. The average molecular weight is 201 g/mol. The lowest BCUT2D eigenvalue weighted by Gasteiger charge is -2.02. The van der Waals surface area contributed by atoms with E-state index in [1.165, 1.54) is 6.07 Å². The molecular formula is C10H10ClFO. The van der Waals surface area contributed by atoms with Gasteiger partial charge in [0.15, 0.2) is 0 Å². The summed E-state index contributed by atoms with van der Waals surface area (Å²) in [6.45, 7) is 1.77. The van der Waals surface area contributed by atoms with Gasteiger partial charge in [0, 0.05) is 12.8 Å². The van der Waals surface area contributed by atoms with Crippen molar-refractivity contribution < 1.29 is 9.18 Å². The Labute approximate surface area is 81.5 Å². The van der Waals surface area contributed by atoms with Crippen LogP contribution in [0.1, 0.15) is 18.9 Å². The third-order valence-corrected chi connectivity index (χ3v) is 2.24. The molecule has 0 heterocycles. The van der Waals surface area contributed by atoms with Crippen molar-refractivity contribution in [1.29, 1.82) is 0 Å². The predicted molar refractivity (Wildman–Crippen MR) is 50.4 cm³/mol. The molecule has 0 saturated heterocycles. The van der Waals surface area contributed by atoms with Gasteiger partial charge in [0.1, 0.15) is 11.6 Å². The molecule has 1 aromatic rings. The molecule has 0 amide bonds. The summed E-state index contributed by atoms with van der Waals surface area (Å²) in [6, 6.07) is 4.50. The van der Waals surface area contributed by atoms with Gasteiger partial charge in [-0.2, -0.15) is 0 Å².